The number of aliphatic hydroxyl groups is 1. The van der Waals surface area contributed by atoms with Crippen LogP contribution in [0.5, 0.6) is 0 Å². The molecule has 0 unspecified atom stereocenters. The number of hydrogen-bond acceptors (Lipinski definition) is 4. The van der Waals surface area contributed by atoms with E-state index in [-0.39, 0.29) is 30.4 Å². The van der Waals surface area contributed by atoms with Crippen LogP contribution in [0.15, 0.2) is 61.1 Å². The molecular formula is C27H30F2N4O2. The van der Waals surface area contributed by atoms with Gasteiger partial charge in [-0.3, -0.25) is 9.69 Å². The summed E-state index contributed by atoms with van der Waals surface area (Å²) < 4.78 is 30.3. The van der Waals surface area contributed by atoms with Gasteiger partial charge in [0, 0.05) is 32.2 Å². The molecule has 1 amide bonds. The van der Waals surface area contributed by atoms with Gasteiger partial charge < -0.3 is 14.6 Å². The van der Waals surface area contributed by atoms with E-state index in [1.165, 1.54) is 18.3 Å². The second-order valence-corrected chi connectivity index (χ2v) is 9.46. The zero-order valence-electron chi connectivity index (χ0n) is 19.6. The van der Waals surface area contributed by atoms with Crippen molar-refractivity contribution < 1.29 is 18.7 Å². The number of nitrogens with zero attached hydrogens (tertiary/aromatic N) is 4. The van der Waals surface area contributed by atoms with E-state index in [2.05, 4.69) is 9.88 Å². The molecule has 2 aliphatic heterocycles. The summed E-state index contributed by atoms with van der Waals surface area (Å²) in [5.41, 5.74) is 3.24. The van der Waals surface area contributed by atoms with E-state index >= 15 is 4.39 Å². The lowest BCUT2D eigenvalue weighted by molar-refractivity contribution is 0.000880. The van der Waals surface area contributed by atoms with Crippen LogP contribution in [0.4, 0.5) is 8.78 Å². The number of likely N-dealkylation sites (tertiary alicyclic amines) is 2. The number of imidazole rings is 1. The van der Waals surface area contributed by atoms with Gasteiger partial charge in [-0.1, -0.05) is 36.4 Å². The zero-order chi connectivity index (χ0) is 24.4. The molecule has 184 valence electrons. The van der Waals surface area contributed by atoms with Crippen molar-refractivity contribution in [3.63, 3.8) is 0 Å². The minimum Gasteiger partial charge on any atom is -0.393 e. The van der Waals surface area contributed by atoms with Crippen LogP contribution >= 0.6 is 0 Å². The fraction of sp³-hybridized carbons (Fsp3) is 0.407. The fourth-order valence-corrected chi connectivity index (χ4v) is 5.25. The van der Waals surface area contributed by atoms with Crippen LogP contribution in [-0.4, -0.2) is 74.9 Å². The van der Waals surface area contributed by atoms with E-state index < -0.39 is 6.17 Å². The molecule has 2 aromatic carbocycles. The molecule has 2 saturated heterocycles. The summed E-state index contributed by atoms with van der Waals surface area (Å²) in [6, 6.07) is 13.9. The third kappa shape index (κ3) is 5.13. The number of benzene rings is 2. The van der Waals surface area contributed by atoms with Crippen molar-refractivity contribution >= 4 is 5.91 Å². The molecule has 1 aromatic heterocycles. The maximum atomic E-state index is 15.2. The Morgan fingerprint density at radius 2 is 1.77 bits per heavy atom. The number of amides is 1. The summed E-state index contributed by atoms with van der Waals surface area (Å²) >= 11 is 0. The van der Waals surface area contributed by atoms with Crippen LogP contribution in [0.25, 0.3) is 11.1 Å². The Morgan fingerprint density at radius 3 is 2.51 bits per heavy atom. The predicted molar refractivity (Wildman–Crippen MR) is 129 cm³/mol. The molecule has 0 aliphatic carbocycles. The number of aliphatic hydroxyl groups excluding tert-OH is 1. The summed E-state index contributed by atoms with van der Waals surface area (Å²) in [5.74, 6) is -0.515. The molecule has 1 N–H and O–H groups in total. The van der Waals surface area contributed by atoms with Crippen molar-refractivity contribution in [2.45, 2.75) is 44.1 Å². The number of hydrogen-bond donors (Lipinski definition) is 1. The van der Waals surface area contributed by atoms with Gasteiger partial charge in [0.25, 0.3) is 5.91 Å². The van der Waals surface area contributed by atoms with Gasteiger partial charge in [-0.2, -0.15) is 0 Å². The fourth-order valence-electron chi connectivity index (χ4n) is 5.25. The molecule has 2 atom stereocenters. The lowest BCUT2D eigenvalue weighted by Crippen LogP contribution is -2.55. The number of carbonyl (C=O) groups is 1. The van der Waals surface area contributed by atoms with Gasteiger partial charge in [-0.25, -0.2) is 13.8 Å². The molecule has 0 spiro atoms. The van der Waals surface area contributed by atoms with Gasteiger partial charge in [-0.05, 0) is 48.1 Å². The Hall–Kier alpha value is -3.10. The number of carbonyl (C=O) groups excluding carboxylic acids is 1. The van der Waals surface area contributed by atoms with Crippen LogP contribution < -0.4 is 0 Å². The van der Waals surface area contributed by atoms with Gasteiger partial charge in [-0.15, -0.1) is 0 Å². The van der Waals surface area contributed by atoms with Gasteiger partial charge in [0.15, 0.2) is 0 Å². The lowest BCUT2D eigenvalue weighted by Gasteiger charge is -2.42. The van der Waals surface area contributed by atoms with Crippen LogP contribution in [0.2, 0.25) is 0 Å². The molecular weight excluding hydrogens is 450 g/mol. The van der Waals surface area contributed by atoms with Gasteiger partial charge >= 0.3 is 0 Å². The third-order valence-corrected chi connectivity index (χ3v) is 7.21. The average Bonchev–Trinajstić information content (AvgIpc) is 3.33. The monoisotopic (exact) mass is 480 g/mol. The van der Waals surface area contributed by atoms with Crippen LogP contribution in [0.3, 0.4) is 0 Å². The zero-order valence-corrected chi connectivity index (χ0v) is 19.6. The van der Waals surface area contributed by atoms with Crippen molar-refractivity contribution in [1.82, 2.24) is 19.4 Å². The number of rotatable bonds is 5. The molecule has 6 nitrogen and oxygen atoms in total. The highest BCUT2D eigenvalue weighted by molar-refractivity contribution is 5.92. The molecule has 35 heavy (non-hydrogen) atoms. The Balaban J connectivity index is 1.29. The molecule has 3 heterocycles. The number of aromatic nitrogens is 2. The maximum absolute atomic E-state index is 15.2. The first-order chi connectivity index (χ1) is 17.0. The number of piperidine rings is 2. The average molecular weight is 481 g/mol. The normalized spacial score (nSPS) is 21.9. The molecule has 3 aromatic rings. The Kier molecular flexibility index (Phi) is 6.92. The predicted octanol–water partition coefficient (Wildman–Crippen LogP) is 3.75. The summed E-state index contributed by atoms with van der Waals surface area (Å²) in [6.07, 6.45) is 3.65. The minimum absolute atomic E-state index is 0.0555. The Morgan fingerprint density at radius 1 is 1.03 bits per heavy atom. The summed E-state index contributed by atoms with van der Waals surface area (Å²) in [5, 5.41) is 9.74. The van der Waals surface area contributed by atoms with Crippen molar-refractivity contribution in [3.05, 3.63) is 78.1 Å². The molecule has 2 fully saturated rings. The first kappa shape index (κ1) is 23.6. The van der Waals surface area contributed by atoms with Crippen LogP contribution in [0.1, 0.15) is 35.3 Å². The van der Waals surface area contributed by atoms with Crippen LogP contribution in [-0.2, 0) is 6.54 Å². The smallest absolute Gasteiger partial charge is 0.272 e. The van der Waals surface area contributed by atoms with Crippen molar-refractivity contribution in [3.8, 4) is 11.1 Å². The van der Waals surface area contributed by atoms with Crippen molar-refractivity contribution in [2.24, 2.45) is 0 Å². The minimum atomic E-state index is -1.13. The van der Waals surface area contributed by atoms with E-state index in [9.17, 15) is 14.3 Å². The summed E-state index contributed by atoms with van der Waals surface area (Å²) in [4.78, 5) is 21.3. The first-order valence-electron chi connectivity index (χ1n) is 12.2. The summed E-state index contributed by atoms with van der Waals surface area (Å²) in [6.45, 7) is 2.35. The number of alkyl halides is 1. The second kappa shape index (κ2) is 10.3. The molecule has 5 rings (SSSR count). The largest absolute Gasteiger partial charge is 0.393 e. The maximum Gasteiger partial charge on any atom is 0.272 e. The SMILES string of the molecule is O=C(c1cncn1Cc1ccccc1-c1ccc(F)cc1)N1CC[C@@H](N2CCC(O)CC2)[C@@H](F)C1. The molecule has 0 bridgehead atoms. The van der Waals surface area contributed by atoms with Gasteiger partial charge in [0.05, 0.1) is 25.2 Å². The standard InChI is InChI=1S/C27H30F2N4O2/c28-21-7-5-19(6-8-21)23-4-2-1-3-20(23)16-33-18-30-15-26(33)27(35)32-14-11-25(24(29)17-32)31-12-9-22(34)10-13-31/h1-8,15,18,22,24-25,34H,9-14,16-17H2/t24-,25+/m0/s1. The lowest BCUT2D eigenvalue weighted by atomic mass is 9.97. The highest BCUT2D eigenvalue weighted by atomic mass is 19.1. The highest BCUT2D eigenvalue weighted by Gasteiger charge is 2.37. The highest BCUT2D eigenvalue weighted by Crippen LogP contribution is 2.27. The van der Waals surface area contributed by atoms with E-state index in [1.54, 1.807) is 27.9 Å². The third-order valence-electron chi connectivity index (χ3n) is 7.21. The summed E-state index contributed by atoms with van der Waals surface area (Å²) in [7, 11) is 0. The molecule has 2 aliphatic rings. The number of halogens is 2. The van der Waals surface area contributed by atoms with Gasteiger partial charge in [0.2, 0.25) is 0 Å². The van der Waals surface area contributed by atoms with Crippen molar-refractivity contribution in [2.75, 3.05) is 26.2 Å². The first-order valence-corrected chi connectivity index (χ1v) is 12.2. The molecule has 0 radical (unpaired) electrons. The second-order valence-electron chi connectivity index (χ2n) is 9.46. The Bertz CT molecular complexity index is 1160. The van der Waals surface area contributed by atoms with Crippen molar-refractivity contribution in [1.29, 1.82) is 0 Å². The topological polar surface area (TPSA) is 61.6 Å². The van der Waals surface area contributed by atoms with E-state index in [0.29, 0.717) is 51.1 Å². The quantitative estimate of drug-likeness (QED) is 0.604. The Labute approximate surface area is 203 Å². The van der Waals surface area contributed by atoms with Gasteiger partial charge in [0.1, 0.15) is 17.7 Å². The molecule has 8 heteroatoms. The van der Waals surface area contributed by atoms with E-state index in [4.69, 9.17) is 0 Å². The van der Waals surface area contributed by atoms with E-state index in [0.717, 1.165) is 16.7 Å². The van der Waals surface area contributed by atoms with Crippen LogP contribution in [0, 0.1) is 5.82 Å². The van der Waals surface area contributed by atoms with E-state index in [1.807, 2.05) is 24.3 Å². The molecule has 0 saturated carbocycles.